The number of nitrogens with one attached hydrogen (secondary N) is 3. The number of fused-ring (bicyclic) bond motifs is 1. The lowest BCUT2D eigenvalue weighted by Crippen LogP contribution is -2.13. The molecule has 0 aliphatic heterocycles. The van der Waals surface area contributed by atoms with Crippen molar-refractivity contribution in [3.8, 4) is 0 Å². The van der Waals surface area contributed by atoms with Crippen LogP contribution in [0.2, 0.25) is 5.02 Å². The molecule has 7 nitrogen and oxygen atoms in total. The van der Waals surface area contributed by atoms with Crippen LogP contribution in [-0.4, -0.2) is 30.7 Å². The SMILES string of the molecule is CCCS(=O)Nc1ccc(F)c(C(=O)c2c[nH]c3ncnc(Nc4ccc(Cl)cc4)c23)c1F. The molecule has 0 amide bonds. The van der Waals surface area contributed by atoms with Crippen LogP contribution < -0.4 is 10.0 Å². The predicted molar refractivity (Wildman–Crippen MR) is 125 cm³/mol. The number of aromatic amines is 1. The molecule has 2 aromatic heterocycles. The molecule has 0 radical (unpaired) electrons. The molecule has 2 heterocycles. The lowest BCUT2D eigenvalue weighted by Gasteiger charge is -2.11. The Kier molecular flexibility index (Phi) is 6.66. The Morgan fingerprint density at radius 2 is 1.91 bits per heavy atom. The minimum Gasteiger partial charge on any atom is -0.345 e. The highest BCUT2D eigenvalue weighted by molar-refractivity contribution is 7.86. The van der Waals surface area contributed by atoms with Crippen molar-refractivity contribution in [3.63, 3.8) is 0 Å². The van der Waals surface area contributed by atoms with E-state index in [1.807, 2.05) is 6.92 Å². The number of hydrogen-bond donors (Lipinski definition) is 3. The third-order valence-corrected chi connectivity index (χ3v) is 6.23. The number of benzene rings is 2. The van der Waals surface area contributed by atoms with E-state index in [-0.39, 0.29) is 28.2 Å². The molecule has 0 saturated carbocycles. The number of anilines is 3. The highest BCUT2D eigenvalue weighted by Crippen LogP contribution is 2.31. The first kappa shape index (κ1) is 22.8. The van der Waals surface area contributed by atoms with E-state index in [2.05, 4.69) is 25.0 Å². The molecule has 170 valence electrons. The third kappa shape index (κ3) is 4.71. The van der Waals surface area contributed by atoms with Gasteiger partial charge in [0, 0.05) is 22.7 Å². The van der Waals surface area contributed by atoms with Gasteiger partial charge in [0.05, 0.1) is 22.2 Å². The molecule has 0 aliphatic carbocycles. The molecular weight excluding hydrogens is 472 g/mol. The Bertz CT molecular complexity index is 1360. The van der Waals surface area contributed by atoms with E-state index in [4.69, 9.17) is 11.6 Å². The Labute approximate surface area is 195 Å². The van der Waals surface area contributed by atoms with Crippen LogP contribution in [0.4, 0.5) is 26.0 Å². The smallest absolute Gasteiger partial charge is 0.201 e. The highest BCUT2D eigenvalue weighted by Gasteiger charge is 2.26. The molecular formula is C22H18ClF2N5O2S. The van der Waals surface area contributed by atoms with E-state index in [0.717, 1.165) is 12.1 Å². The minimum absolute atomic E-state index is 0.0216. The first-order valence-corrected chi connectivity index (χ1v) is 11.6. The van der Waals surface area contributed by atoms with Gasteiger partial charge in [-0.2, -0.15) is 0 Å². The summed E-state index contributed by atoms with van der Waals surface area (Å²) >= 11 is 5.92. The number of rotatable bonds is 8. The second kappa shape index (κ2) is 9.63. The zero-order chi connectivity index (χ0) is 23.5. The van der Waals surface area contributed by atoms with Crippen molar-refractivity contribution in [1.82, 2.24) is 15.0 Å². The number of ketones is 1. The molecule has 0 fully saturated rings. The van der Waals surface area contributed by atoms with Gasteiger partial charge in [0.1, 0.15) is 34.6 Å². The van der Waals surface area contributed by atoms with Gasteiger partial charge in [-0.3, -0.25) is 4.79 Å². The van der Waals surface area contributed by atoms with Gasteiger partial charge in [0.2, 0.25) is 5.78 Å². The Hall–Kier alpha value is -3.37. The van der Waals surface area contributed by atoms with Crippen molar-refractivity contribution in [3.05, 3.63) is 76.7 Å². The average molecular weight is 490 g/mol. The summed E-state index contributed by atoms with van der Waals surface area (Å²) in [7, 11) is -1.57. The standard InChI is InChI=1S/C22H18ClF2N5O2S/c1-2-9-33(32)30-16-8-7-15(24)18(19(16)25)20(31)14-10-26-21-17(14)22(28-11-27-21)29-13-5-3-12(23)4-6-13/h3-8,10-11,30H,2,9H2,1H3,(H2,26,27,28,29). The highest BCUT2D eigenvalue weighted by atomic mass is 35.5. The molecule has 1 atom stereocenters. The first-order chi connectivity index (χ1) is 15.9. The normalized spacial score (nSPS) is 12.0. The molecule has 0 saturated heterocycles. The average Bonchev–Trinajstić information content (AvgIpc) is 3.23. The van der Waals surface area contributed by atoms with E-state index in [0.29, 0.717) is 22.8 Å². The molecule has 0 spiro atoms. The summed E-state index contributed by atoms with van der Waals surface area (Å²) in [5.74, 6) is -2.52. The lowest BCUT2D eigenvalue weighted by atomic mass is 10.0. The zero-order valence-corrected chi connectivity index (χ0v) is 18.9. The summed E-state index contributed by atoms with van der Waals surface area (Å²) in [6.45, 7) is 1.82. The van der Waals surface area contributed by atoms with Crippen molar-refractivity contribution in [2.45, 2.75) is 13.3 Å². The maximum absolute atomic E-state index is 15.1. The second-order valence-corrected chi connectivity index (χ2v) is 8.78. The number of halogens is 3. The van der Waals surface area contributed by atoms with Crippen LogP contribution in [0.15, 0.2) is 48.9 Å². The molecule has 4 rings (SSSR count). The molecule has 0 aliphatic rings. The van der Waals surface area contributed by atoms with Crippen LogP contribution in [0.1, 0.15) is 29.3 Å². The van der Waals surface area contributed by atoms with Crippen molar-refractivity contribution in [2.24, 2.45) is 0 Å². The summed E-state index contributed by atoms with van der Waals surface area (Å²) in [4.78, 5) is 24.4. The van der Waals surface area contributed by atoms with E-state index in [9.17, 15) is 13.4 Å². The molecule has 3 N–H and O–H groups in total. The minimum atomic E-state index is -1.57. The Balaban J connectivity index is 1.76. The van der Waals surface area contributed by atoms with E-state index >= 15 is 4.39 Å². The van der Waals surface area contributed by atoms with Crippen LogP contribution in [0.25, 0.3) is 11.0 Å². The maximum atomic E-state index is 15.1. The van der Waals surface area contributed by atoms with Gasteiger partial charge in [-0.15, -0.1) is 0 Å². The zero-order valence-electron chi connectivity index (χ0n) is 17.3. The lowest BCUT2D eigenvalue weighted by molar-refractivity contribution is 0.103. The number of aromatic nitrogens is 3. The fourth-order valence-electron chi connectivity index (χ4n) is 3.24. The number of H-pyrrole nitrogens is 1. The quantitative estimate of drug-likeness (QED) is 0.290. The second-order valence-electron chi connectivity index (χ2n) is 7.04. The van der Waals surface area contributed by atoms with Gasteiger partial charge >= 0.3 is 0 Å². The molecule has 2 aromatic carbocycles. The van der Waals surface area contributed by atoms with Crippen molar-refractivity contribution < 1.29 is 17.8 Å². The molecule has 4 aromatic rings. The number of carbonyl (C=O) groups excluding carboxylic acids is 1. The Morgan fingerprint density at radius 3 is 2.64 bits per heavy atom. The van der Waals surface area contributed by atoms with Crippen LogP contribution in [-0.2, 0) is 11.0 Å². The van der Waals surface area contributed by atoms with Crippen LogP contribution in [0.3, 0.4) is 0 Å². The van der Waals surface area contributed by atoms with Gasteiger partial charge in [-0.25, -0.2) is 23.0 Å². The van der Waals surface area contributed by atoms with Gasteiger partial charge in [0.25, 0.3) is 0 Å². The predicted octanol–water partition coefficient (Wildman–Crippen LogP) is 5.35. The number of hydrogen-bond acceptors (Lipinski definition) is 5. The number of carbonyl (C=O) groups is 1. The van der Waals surface area contributed by atoms with E-state index < -0.39 is 34.0 Å². The number of nitrogens with zero attached hydrogens (tertiary/aromatic N) is 2. The first-order valence-electron chi connectivity index (χ1n) is 9.91. The summed E-state index contributed by atoms with van der Waals surface area (Å²) < 4.78 is 44.2. The van der Waals surface area contributed by atoms with Crippen LogP contribution in [0.5, 0.6) is 0 Å². The summed E-state index contributed by atoms with van der Waals surface area (Å²) in [5, 5.41) is 3.88. The van der Waals surface area contributed by atoms with Crippen molar-refractivity contribution >= 4 is 56.6 Å². The molecule has 0 bridgehead atoms. The largest absolute Gasteiger partial charge is 0.345 e. The van der Waals surface area contributed by atoms with E-state index in [1.54, 1.807) is 24.3 Å². The summed E-state index contributed by atoms with van der Waals surface area (Å²) in [6, 6.07) is 8.86. The van der Waals surface area contributed by atoms with Gasteiger partial charge in [0.15, 0.2) is 5.82 Å². The maximum Gasteiger partial charge on any atom is 0.201 e. The summed E-state index contributed by atoms with van der Waals surface area (Å²) in [5.41, 5.74) is -0.0607. The third-order valence-electron chi connectivity index (χ3n) is 4.75. The van der Waals surface area contributed by atoms with Crippen molar-refractivity contribution in [2.75, 3.05) is 15.8 Å². The van der Waals surface area contributed by atoms with E-state index in [1.165, 1.54) is 12.5 Å². The topological polar surface area (TPSA) is 99.8 Å². The van der Waals surface area contributed by atoms with Crippen LogP contribution >= 0.6 is 11.6 Å². The fraction of sp³-hybridized carbons (Fsp3) is 0.136. The fourth-order valence-corrected chi connectivity index (χ4v) is 4.24. The van der Waals surface area contributed by atoms with Crippen molar-refractivity contribution in [1.29, 1.82) is 0 Å². The van der Waals surface area contributed by atoms with Gasteiger partial charge in [-0.1, -0.05) is 18.5 Å². The molecule has 11 heteroatoms. The van der Waals surface area contributed by atoms with Gasteiger partial charge < -0.3 is 15.0 Å². The summed E-state index contributed by atoms with van der Waals surface area (Å²) in [6.07, 6.45) is 3.22. The van der Waals surface area contributed by atoms with Gasteiger partial charge in [-0.05, 0) is 42.8 Å². The molecule has 33 heavy (non-hydrogen) atoms. The molecule has 1 unspecified atom stereocenters. The van der Waals surface area contributed by atoms with Crippen LogP contribution in [0, 0.1) is 11.6 Å². The Morgan fingerprint density at radius 1 is 1.15 bits per heavy atom. The monoisotopic (exact) mass is 489 g/mol.